The molecule has 100 valence electrons. The molecule has 0 aliphatic rings. The highest BCUT2D eigenvalue weighted by molar-refractivity contribution is 6.35. The zero-order valence-electron chi connectivity index (χ0n) is 9.29. The Kier molecular flexibility index (Phi) is 4.84. The molecule has 0 aromatic carbocycles. The van der Waals surface area contributed by atoms with Crippen molar-refractivity contribution >= 4 is 29.2 Å². The number of hydrogen-bond donors (Lipinski definition) is 1. The number of esters is 1. The van der Waals surface area contributed by atoms with Gasteiger partial charge in [0, 0.05) is 18.0 Å². The summed E-state index contributed by atoms with van der Waals surface area (Å²) in [6.07, 6.45) is 2.23. The molecule has 0 unspecified atom stereocenters. The van der Waals surface area contributed by atoms with Gasteiger partial charge in [0.05, 0.1) is 16.7 Å². The fraction of sp³-hybridized carbons (Fsp3) is 0.400. The summed E-state index contributed by atoms with van der Waals surface area (Å²) in [4.78, 5) is 14.8. The standard InChI is InChI=1S/C10H10Cl2F2N2O2/c1-2-18-9(17)10(13,14)8(15)7-5(11)3-16-4-6(7)12/h3-4,8H,2,15H2,1H3/t8-/m0/s1. The minimum absolute atomic E-state index is 0.140. The van der Waals surface area contributed by atoms with E-state index < -0.39 is 17.9 Å². The molecular weight excluding hydrogens is 289 g/mol. The normalized spacial score (nSPS) is 13.2. The molecule has 0 amide bonds. The van der Waals surface area contributed by atoms with Crippen LogP contribution in [0.15, 0.2) is 12.4 Å². The first kappa shape index (κ1) is 15.1. The second-order valence-corrected chi connectivity index (χ2v) is 4.15. The molecule has 2 N–H and O–H groups in total. The van der Waals surface area contributed by atoms with Gasteiger partial charge in [-0.3, -0.25) is 4.98 Å². The van der Waals surface area contributed by atoms with Gasteiger partial charge in [-0.2, -0.15) is 8.78 Å². The first-order valence-corrected chi connectivity index (χ1v) is 5.67. The molecule has 0 spiro atoms. The van der Waals surface area contributed by atoms with Gasteiger partial charge in [0.2, 0.25) is 0 Å². The smallest absolute Gasteiger partial charge is 0.379 e. The molecular formula is C10H10Cl2F2N2O2. The molecule has 0 aliphatic heterocycles. The molecule has 18 heavy (non-hydrogen) atoms. The lowest BCUT2D eigenvalue weighted by atomic mass is 10.0. The summed E-state index contributed by atoms with van der Waals surface area (Å²) in [7, 11) is 0. The third-order valence-corrected chi connectivity index (χ3v) is 2.74. The van der Waals surface area contributed by atoms with E-state index in [2.05, 4.69) is 9.72 Å². The Labute approximate surface area is 112 Å². The third kappa shape index (κ3) is 2.88. The van der Waals surface area contributed by atoms with Crippen LogP contribution in [-0.2, 0) is 9.53 Å². The highest BCUT2D eigenvalue weighted by Crippen LogP contribution is 2.37. The van der Waals surface area contributed by atoms with Gasteiger partial charge in [-0.05, 0) is 6.92 Å². The largest absolute Gasteiger partial charge is 0.462 e. The van der Waals surface area contributed by atoms with E-state index in [1.807, 2.05) is 0 Å². The average Bonchev–Trinajstić information content (AvgIpc) is 2.28. The number of nitrogens with zero attached hydrogens (tertiary/aromatic N) is 1. The maximum atomic E-state index is 13.7. The zero-order chi connectivity index (χ0) is 13.9. The number of pyridine rings is 1. The second-order valence-electron chi connectivity index (χ2n) is 3.34. The Morgan fingerprint density at radius 2 is 2.00 bits per heavy atom. The van der Waals surface area contributed by atoms with Gasteiger partial charge in [-0.15, -0.1) is 0 Å². The first-order valence-electron chi connectivity index (χ1n) is 4.91. The molecule has 0 radical (unpaired) electrons. The Morgan fingerprint density at radius 1 is 1.50 bits per heavy atom. The van der Waals surface area contributed by atoms with Crippen LogP contribution in [0, 0.1) is 0 Å². The van der Waals surface area contributed by atoms with Crippen molar-refractivity contribution in [1.82, 2.24) is 4.98 Å². The predicted molar refractivity (Wildman–Crippen MR) is 62.8 cm³/mol. The van der Waals surface area contributed by atoms with Gasteiger partial charge in [-0.1, -0.05) is 23.2 Å². The number of aromatic nitrogens is 1. The van der Waals surface area contributed by atoms with Gasteiger partial charge < -0.3 is 10.5 Å². The van der Waals surface area contributed by atoms with E-state index in [9.17, 15) is 13.6 Å². The van der Waals surface area contributed by atoms with Crippen LogP contribution in [0.3, 0.4) is 0 Å². The summed E-state index contributed by atoms with van der Waals surface area (Å²) in [5.74, 6) is -5.65. The van der Waals surface area contributed by atoms with E-state index in [-0.39, 0.29) is 22.2 Å². The SMILES string of the molecule is CCOC(=O)C(F)(F)[C@@H](N)c1c(Cl)cncc1Cl. The monoisotopic (exact) mass is 298 g/mol. The number of hydrogen-bond acceptors (Lipinski definition) is 4. The van der Waals surface area contributed by atoms with E-state index in [1.54, 1.807) is 0 Å². The van der Waals surface area contributed by atoms with E-state index >= 15 is 0 Å². The minimum atomic E-state index is -3.93. The lowest BCUT2D eigenvalue weighted by Crippen LogP contribution is -2.42. The van der Waals surface area contributed by atoms with Crippen molar-refractivity contribution in [1.29, 1.82) is 0 Å². The van der Waals surface area contributed by atoms with E-state index in [0.29, 0.717) is 0 Å². The van der Waals surface area contributed by atoms with Crippen molar-refractivity contribution in [3.63, 3.8) is 0 Å². The Bertz CT molecular complexity index is 437. The van der Waals surface area contributed by atoms with Gasteiger partial charge >= 0.3 is 11.9 Å². The van der Waals surface area contributed by atoms with Crippen molar-refractivity contribution in [2.45, 2.75) is 18.9 Å². The van der Waals surface area contributed by atoms with Crippen LogP contribution >= 0.6 is 23.2 Å². The van der Waals surface area contributed by atoms with Crippen LogP contribution in [0.25, 0.3) is 0 Å². The maximum absolute atomic E-state index is 13.7. The quantitative estimate of drug-likeness (QED) is 0.868. The first-order chi connectivity index (χ1) is 8.32. The molecule has 0 saturated carbocycles. The molecule has 4 nitrogen and oxygen atoms in total. The number of carbonyl (C=O) groups excluding carboxylic acids is 1. The minimum Gasteiger partial charge on any atom is -0.462 e. The fourth-order valence-corrected chi connectivity index (χ4v) is 1.85. The molecule has 1 aromatic rings. The highest BCUT2D eigenvalue weighted by Gasteiger charge is 2.49. The lowest BCUT2D eigenvalue weighted by Gasteiger charge is -2.23. The molecule has 1 aromatic heterocycles. The number of alkyl halides is 2. The van der Waals surface area contributed by atoms with Gasteiger partial charge in [-0.25, -0.2) is 4.79 Å². The molecule has 1 rings (SSSR count). The predicted octanol–water partition coefficient (Wildman–Crippen LogP) is 2.59. The van der Waals surface area contributed by atoms with Crippen molar-refractivity contribution in [2.75, 3.05) is 6.61 Å². The fourth-order valence-electron chi connectivity index (χ4n) is 1.25. The van der Waals surface area contributed by atoms with Gasteiger partial charge in [0.15, 0.2) is 0 Å². The third-order valence-electron chi connectivity index (χ3n) is 2.14. The summed E-state index contributed by atoms with van der Waals surface area (Å²) < 4.78 is 31.7. The van der Waals surface area contributed by atoms with Crippen molar-refractivity contribution in [3.8, 4) is 0 Å². The average molecular weight is 299 g/mol. The van der Waals surface area contributed by atoms with E-state index in [1.165, 1.54) is 6.92 Å². The highest BCUT2D eigenvalue weighted by atomic mass is 35.5. The molecule has 1 atom stereocenters. The summed E-state index contributed by atoms with van der Waals surface area (Å²) in [5.41, 5.74) is 5.11. The topological polar surface area (TPSA) is 65.2 Å². The zero-order valence-corrected chi connectivity index (χ0v) is 10.8. The van der Waals surface area contributed by atoms with Crippen LogP contribution in [0.5, 0.6) is 0 Å². The number of rotatable bonds is 4. The van der Waals surface area contributed by atoms with Crippen molar-refractivity contribution in [3.05, 3.63) is 28.0 Å². The number of carbonyl (C=O) groups is 1. The summed E-state index contributed by atoms with van der Waals surface area (Å²) in [5, 5.41) is -0.280. The molecule has 0 aliphatic carbocycles. The summed E-state index contributed by atoms with van der Waals surface area (Å²) in [6, 6.07) is -2.00. The van der Waals surface area contributed by atoms with Crippen molar-refractivity contribution in [2.24, 2.45) is 5.73 Å². The van der Waals surface area contributed by atoms with Crippen LogP contribution in [0.4, 0.5) is 8.78 Å². The van der Waals surface area contributed by atoms with Crippen LogP contribution in [0.2, 0.25) is 10.0 Å². The van der Waals surface area contributed by atoms with Crippen LogP contribution in [0.1, 0.15) is 18.5 Å². The van der Waals surface area contributed by atoms with Crippen LogP contribution in [-0.4, -0.2) is 23.5 Å². The van der Waals surface area contributed by atoms with E-state index in [4.69, 9.17) is 28.9 Å². The maximum Gasteiger partial charge on any atom is 0.379 e. The van der Waals surface area contributed by atoms with Gasteiger partial charge in [0.1, 0.15) is 6.04 Å². The molecule has 0 fully saturated rings. The van der Waals surface area contributed by atoms with Gasteiger partial charge in [0.25, 0.3) is 0 Å². The van der Waals surface area contributed by atoms with Crippen molar-refractivity contribution < 1.29 is 18.3 Å². The molecule has 1 heterocycles. The summed E-state index contributed by atoms with van der Waals surface area (Å²) in [6.45, 7) is 1.23. The number of ether oxygens (including phenoxy) is 1. The van der Waals surface area contributed by atoms with Crippen LogP contribution < -0.4 is 5.73 Å². The summed E-state index contributed by atoms with van der Waals surface area (Å²) >= 11 is 11.4. The molecule has 0 saturated heterocycles. The number of nitrogens with two attached hydrogens (primary N) is 1. The Morgan fingerprint density at radius 3 is 2.44 bits per heavy atom. The molecule has 8 heteroatoms. The Balaban J connectivity index is 3.13. The second kappa shape index (κ2) is 5.77. The lowest BCUT2D eigenvalue weighted by molar-refractivity contribution is -0.174. The Hall–Kier alpha value is -0.980. The van der Waals surface area contributed by atoms with E-state index in [0.717, 1.165) is 12.4 Å². The number of halogens is 4. The molecule has 0 bridgehead atoms.